The van der Waals surface area contributed by atoms with Crippen molar-refractivity contribution in [1.29, 1.82) is 0 Å². The molecule has 0 saturated carbocycles. The van der Waals surface area contributed by atoms with Crippen LogP contribution in [0.5, 0.6) is 0 Å². The highest BCUT2D eigenvalue weighted by Crippen LogP contribution is 2.22. The number of carbonyl (C=O) groups is 1. The number of nitrogens with one attached hydrogen (secondary N) is 2. The summed E-state index contributed by atoms with van der Waals surface area (Å²) in [6.07, 6.45) is 8.94. The largest absolute Gasteiger partial charge is 0.376 e. The van der Waals surface area contributed by atoms with Crippen molar-refractivity contribution >= 4 is 5.91 Å². The van der Waals surface area contributed by atoms with Gasteiger partial charge in [0.1, 0.15) is 5.69 Å². The smallest absolute Gasteiger partial charge is 0.275 e. The van der Waals surface area contributed by atoms with Crippen LogP contribution in [0.15, 0.2) is 41.7 Å². The molecule has 1 aromatic heterocycles. The van der Waals surface area contributed by atoms with Gasteiger partial charge in [-0.2, -0.15) is 5.10 Å². The summed E-state index contributed by atoms with van der Waals surface area (Å²) < 4.78 is 7.50. The van der Waals surface area contributed by atoms with Gasteiger partial charge >= 0.3 is 0 Å². The lowest BCUT2D eigenvalue weighted by molar-refractivity contribution is 0.0935. The van der Waals surface area contributed by atoms with Crippen LogP contribution in [0.1, 0.15) is 28.8 Å². The van der Waals surface area contributed by atoms with Gasteiger partial charge in [-0.05, 0) is 24.5 Å². The van der Waals surface area contributed by atoms with E-state index in [4.69, 9.17) is 4.74 Å². The highest BCUT2D eigenvalue weighted by atomic mass is 16.5. The highest BCUT2D eigenvalue weighted by Gasteiger charge is 2.23. The molecule has 0 aliphatic carbocycles. The average Bonchev–Trinajstić information content (AvgIpc) is 3.30. The number of ether oxygens (including phenoxy) is 1. The van der Waals surface area contributed by atoms with Crippen molar-refractivity contribution in [2.75, 3.05) is 6.61 Å². The standard InChI is InChI=1S/C18H19N5O3/c24-17(20-8-12-3-1-5-19-7-12)14-10-23(9-13-4-2-6-26-13)11-15-16(14)21-22-18(15)25/h1,3,5,7,10-11,13H,2,4,6,8-9H2,(H,20,24)(H,22,25)/t13-/m0/s1. The van der Waals surface area contributed by atoms with Gasteiger partial charge in [0.15, 0.2) is 0 Å². The molecule has 8 heteroatoms. The van der Waals surface area contributed by atoms with E-state index >= 15 is 0 Å². The molecule has 1 fully saturated rings. The number of hydrogen-bond acceptors (Lipinski definition) is 5. The number of fused-ring (bicyclic) bond motifs is 1. The van der Waals surface area contributed by atoms with Crippen molar-refractivity contribution in [1.82, 2.24) is 25.1 Å². The molecule has 2 N–H and O–H groups in total. The van der Waals surface area contributed by atoms with Crippen molar-refractivity contribution in [3.05, 3.63) is 58.4 Å². The summed E-state index contributed by atoms with van der Waals surface area (Å²) in [7, 11) is 0. The third-order valence-corrected chi connectivity index (χ3v) is 4.47. The molecule has 26 heavy (non-hydrogen) atoms. The van der Waals surface area contributed by atoms with Gasteiger partial charge in [-0.15, -0.1) is 0 Å². The maximum atomic E-state index is 12.7. The van der Waals surface area contributed by atoms with E-state index in [0.717, 1.165) is 25.0 Å². The molecule has 1 atom stereocenters. The lowest BCUT2D eigenvalue weighted by Crippen LogP contribution is -2.25. The van der Waals surface area contributed by atoms with Crippen LogP contribution in [0, 0.1) is 0 Å². The van der Waals surface area contributed by atoms with Gasteiger partial charge in [0.2, 0.25) is 0 Å². The van der Waals surface area contributed by atoms with Gasteiger partial charge in [-0.25, -0.2) is 5.10 Å². The Balaban J connectivity index is 1.59. The number of nitrogens with zero attached hydrogens (tertiary/aromatic N) is 3. The van der Waals surface area contributed by atoms with Crippen LogP contribution in [0.3, 0.4) is 0 Å². The fourth-order valence-corrected chi connectivity index (χ4v) is 3.17. The van der Waals surface area contributed by atoms with Crippen molar-refractivity contribution in [2.24, 2.45) is 0 Å². The highest BCUT2D eigenvalue weighted by molar-refractivity contribution is 5.99. The van der Waals surface area contributed by atoms with Crippen molar-refractivity contribution in [3.8, 4) is 11.3 Å². The second-order valence-corrected chi connectivity index (χ2v) is 6.36. The molecule has 4 heterocycles. The van der Waals surface area contributed by atoms with Crippen molar-refractivity contribution in [2.45, 2.75) is 32.0 Å². The first-order chi connectivity index (χ1) is 12.7. The van der Waals surface area contributed by atoms with Gasteiger partial charge in [-0.3, -0.25) is 14.6 Å². The third kappa shape index (κ3) is 3.36. The normalized spacial score (nSPS) is 16.8. The zero-order valence-corrected chi connectivity index (χ0v) is 14.1. The number of hydrogen-bond donors (Lipinski definition) is 2. The summed E-state index contributed by atoms with van der Waals surface area (Å²) in [6.45, 7) is 1.71. The molecule has 1 aromatic rings. The summed E-state index contributed by atoms with van der Waals surface area (Å²) >= 11 is 0. The minimum Gasteiger partial charge on any atom is -0.376 e. The van der Waals surface area contributed by atoms with Crippen molar-refractivity contribution in [3.63, 3.8) is 0 Å². The molecular weight excluding hydrogens is 334 g/mol. The minimum absolute atomic E-state index is 0.103. The average molecular weight is 353 g/mol. The number of aromatic amines is 1. The summed E-state index contributed by atoms with van der Waals surface area (Å²) in [5.74, 6) is -0.285. The van der Waals surface area contributed by atoms with E-state index < -0.39 is 0 Å². The molecule has 0 spiro atoms. The van der Waals surface area contributed by atoms with Gasteiger partial charge < -0.3 is 14.6 Å². The van der Waals surface area contributed by atoms with Gasteiger partial charge in [-0.1, -0.05) is 6.07 Å². The molecule has 134 valence electrons. The Morgan fingerprint density at radius 2 is 2.35 bits per heavy atom. The van der Waals surface area contributed by atoms with E-state index in [2.05, 4.69) is 20.5 Å². The van der Waals surface area contributed by atoms with Crippen LogP contribution in [0.2, 0.25) is 0 Å². The van der Waals surface area contributed by atoms with Crippen LogP contribution in [-0.4, -0.2) is 38.4 Å². The SMILES string of the molecule is O=C(NCc1cccnc1)c1cn(C[C@@H]2CCCO2)cc2c(=O)[nH]nc1-2. The Hall–Kier alpha value is -3.00. The zero-order valence-electron chi connectivity index (χ0n) is 14.1. The molecule has 1 saturated heterocycles. The summed E-state index contributed by atoms with van der Waals surface area (Å²) in [5.41, 5.74) is 1.73. The van der Waals surface area contributed by atoms with E-state index in [1.54, 1.807) is 24.8 Å². The Morgan fingerprint density at radius 1 is 1.42 bits per heavy atom. The van der Waals surface area contributed by atoms with E-state index in [1.807, 2.05) is 16.7 Å². The van der Waals surface area contributed by atoms with Gasteiger partial charge in [0.05, 0.1) is 17.2 Å². The number of carbonyl (C=O) groups excluding carboxylic acids is 1. The first-order valence-electron chi connectivity index (χ1n) is 8.57. The molecule has 1 amide bonds. The molecule has 0 aromatic carbocycles. The zero-order chi connectivity index (χ0) is 17.9. The summed E-state index contributed by atoms with van der Waals surface area (Å²) in [6, 6.07) is 3.70. The molecule has 0 bridgehead atoms. The Morgan fingerprint density at radius 3 is 3.12 bits per heavy atom. The number of aromatic nitrogens is 4. The van der Waals surface area contributed by atoms with Gasteiger partial charge in [0, 0.05) is 44.5 Å². The first-order valence-corrected chi connectivity index (χ1v) is 8.57. The van der Waals surface area contributed by atoms with Gasteiger partial charge in [0.25, 0.3) is 11.5 Å². The van der Waals surface area contributed by atoms with E-state index in [0.29, 0.717) is 29.9 Å². The van der Waals surface area contributed by atoms with E-state index in [1.165, 1.54) is 0 Å². The van der Waals surface area contributed by atoms with E-state index in [9.17, 15) is 9.59 Å². The monoisotopic (exact) mass is 353 g/mol. The fourth-order valence-electron chi connectivity index (χ4n) is 3.17. The predicted octanol–water partition coefficient (Wildman–Crippen LogP) is 1.18. The maximum Gasteiger partial charge on any atom is 0.275 e. The molecule has 3 aliphatic rings. The number of rotatable bonds is 5. The minimum atomic E-state index is -0.303. The Bertz CT molecular complexity index is 928. The Labute approximate surface area is 149 Å². The molecule has 0 unspecified atom stereocenters. The Kier molecular flexibility index (Phi) is 4.49. The third-order valence-electron chi connectivity index (χ3n) is 4.47. The van der Waals surface area contributed by atoms with E-state index in [-0.39, 0.29) is 17.6 Å². The van der Waals surface area contributed by atoms with Crippen LogP contribution in [-0.2, 0) is 17.8 Å². The molecule has 0 radical (unpaired) electrons. The quantitative estimate of drug-likeness (QED) is 0.717. The van der Waals surface area contributed by atoms with Crippen LogP contribution >= 0.6 is 0 Å². The van der Waals surface area contributed by atoms with Crippen LogP contribution < -0.4 is 10.9 Å². The number of pyridine rings is 2. The summed E-state index contributed by atoms with van der Waals surface area (Å²) in [5, 5.41) is 9.30. The number of amides is 1. The lowest BCUT2D eigenvalue weighted by Gasteiger charge is -2.16. The first kappa shape index (κ1) is 16.5. The maximum absolute atomic E-state index is 12.7. The van der Waals surface area contributed by atoms with Crippen molar-refractivity contribution < 1.29 is 9.53 Å². The molecule has 8 nitrogen and oxygen atoms in total. The second kappa shape index (κ2) is 7.09. The second-order valence-electron chi connectivity index (χ2n) is 6.36. The van der Waals surface area contributed by atoms with Crippen LogP contribution in [0.25, 0.3) is 11.3 Å². The molecule has 4 rings (SSSR count). The summed E-state index contributed by atoms with van der Waals surface area (Å²) in [4.78, 5) is 28.8. The lowest BCUT2D eigenvalue weighted by atomic mass is 10.1. The predicted molar refractivity (Wildman–Crippen MR) is 93.9 cm³/mol. The molecular formula is C18H19N5O3. The van der Waals surface area contributed by atoms with Crippen LogP contribution in [0.4, 0.5) is 0 Å². The topological polar surface area (TPSA) is 102 Å². The molecule has 3 aliphatic heterocycles. The number of H-pyrrole nitrogens is 1. The fraction of sp³-hybridized carbons (Fsp3) is 0.333.